The van der Waals surface area contributed by atoms with Crippen molar-refractivity contribution in [2.24, 2.45) is 0 Å². The van der Waals surface area contributed by atoms with E-state index in [1.165, 1.54) is 19.4 Å². The maximum Gasteiger partial charge on any atom is 0.475 e. The van der Waals surface area contributed by atoms with Gasteiger partial charge in [-0.1, -0.05) is 36.8 Å². The monoisotopic (exact) mass is 433 g/mol. The smallest absolute Gasteiger partial charge is 0.475 e. The highest BCUT2D eigenvalue weighted by molar-refractivity contribution is 7.47. The van der Waals surface area contributed by atoms with E-state index in [2.05, 4.69) is 4.98 Å². The number of aromatic nitrogens is 1. The van der Waals surface area contributed by atoms with Gasteiger partial charge in [0.25, 0.3) is 0 Å². The number of pyridine rings is 1. The molecular weight excluding hydrogens is 409 g/mol. The lowest BCUT2D eigenvalue weighted by Gasteiger charge is -2.21. The minimum absolute atomic E-state index is 0.156. The Bertz CT molecular complexity index is 932. The molecule has 2 aromatic rings. The van der Waals surface area contributed by atoms with Gasteiger partial charge in [-0.05, 0) is 25.0 Å². The summed E-state index contributed by atoms with van der Waals surface area (Å²) in [6.07, 6.45) is 6.10. The van der Waals surface area contributed by atoms with Gasteiger partial charge in [-0.25, -0.2) is 9.09 Å². The van der Waals surface area contributed by atoms with Gasteiger partial charge in [0, 0.05) is 18.1 Å². The number of carbonyl (C=O) groups excluding carboxylic acids is 1. The van der Waals surface area contributed by atoms with E-state index in [4.69, 9.17) is 18.5 Å². The number of carbonyl (C=O) groups is 1. The summed E-state index contributed by atoms with van der Waals surface area (Å²) in [5.74, 6) is 0.455. The molecule has 3 rings (SSSR count). The zero-order chi connectivity index (χ0) is 21.4. The van der Waals surface area contributed by atoms with Gasteiger partial charge < -0.3 is 14.4 Å². The van der Waals surface area contributed by atoms with Gasteiger partial charge in [0.05, 0.1) is 25.6 Å². The van der Waals surface area contributed by atoms with Crippen molar-refractivity contribution in [3.63, 3.8) is 0 Å². The minimum atomic E-state index is -4.21. The first-order valence-corrected chi connectivity index (χ1v) is 11.1. The Morgan fingerprint density at radius 3 is 2.80 bits per heavy atom. The summed E-state index contributed by atoms with van der Waals surface area (Å²) in [5.41, 5.74) is 1.03. The van der Waals surface area contributed by atoms with E-state index in [0.29, 0.717) is 29.8 Å². The van der Waals surface area contributed by atoms with Crippen LogP contribution in [0.5, 0.6) is 11.5 Å². The number of phosphoric ester groups is 1. The van der Waals surface area contributed by atoms with Crippen LogP contribution in [0.4, 0.5) is 0 Å². The summed E-state index contributed by atoms with van der Waals surface area (Å²) in [6.45, 7) is 0.156. The molecule has 2 atom stereocenters. The summed E-state index contributed by atoms with van der Waals surface area (Å²) in [5, 5.41) is 0. The molecule has 1 fully saturated rings. The molecule has 30 heavy (non-hydrogen) atoms. The number of hydrogen-bond donors (Lipinski definition) is 1. The first-order chi connectivity index (χ1) is 14.5. The van der Waals surface area contributed by atoms with E-state index in [-0.39, 0.29) is 18.1 Å². The Balaban J connectivity index is 1.77. The number of ether oxygens (including phenoxy) is 2. The molecule has 1 aromatic carbocycles. The lowest BCUT2D eigenvalue weighted by molar-refractivity contribution is -0.0268. The third-order valence-electron chi connectivity index (χ3n) is 4.38. The van der Waals surface area contributed by atoms with Gasteiger partial charge in [-0.2, -0.15) is 0 Å². The highest BCUT2D eigenvalue weighted by Gasteiger charge is 2.29. The van der Waals surface area contributed by atoms with Crippen LogP contribution < -0.4 is 9.47 Å². The molecule has 9 heteroatoms. The second kappa shape index (κ2) is 10.5. The minimum Gasteiger partial charge on any atom is -0.491 e. The van der Waals surface area contributed by atoms with E-state index < -0.39 is 14.1 Å². The van der Waals surface area contributed by atoms with Crippen LogP contribution in [-0.4, -0.2) is 35.7 Å². The molecule has 0 radical (unpaired) electrons. The van der Waals surface area contributed by atoms with Crippen LogP contribution in [0.3, 0.4) is 0 Å². The molecule has 2 heterocycles. The highest BCUT2D eigenvalue weighted by atomic mass is 31.2. The number of hydrogen-bond acceptors (Lipinski definition) is 7. The van der Waals surface area contributed by atoms with Crippen LogP contribution in [0.15, 0.2) is 48.7 Å². The van der Waals surface area contributed by atoms with Gasteiger partial charge in [-0.3, -0.25) is 14.3 Å². The number of rotatable bonds is 6. The van der Waals surface area contributed by atoms with Crippen molar-refractivity contribution >= 4 is 19.7 Å². The standard InChI is InChI=1S/C21H24NO7P/c1-26-20-15-22-17(11-12-18(23)16-8-4-2-5-9-16)14-19(20)28-21-10-6-3-7-13-27-30(24,25)29-21/h2,4-5,8-9,11-12,14-15,21H,3,6-7,10,13H2,1H3,(H,24,25). The van der Waals surface area contributed by atoms with E-state index in [9.17, 15) is 14.3 Å². The summed E-state index contributed by atoms with van der Waals surface area (Å²) in [6, 6.07) is 10.5. The van der Waals surface area contributed by atoms with E-state index >= 15 is 0 Å². The van der Waals surface area contributed by atoms with Gasteiger partial charge in [-0.15, -0.1) is 0 Å². The molecule has 1 saturated heterocycles. The van der Waals surface area contributed by atoms with Gasteiger partial charge >= 0.3 is 7.82 Å². The quantitative estimate of drug-likeness (QED) is 0.406. The second-order valence-electron chi connectivity index (χ2n) is 6.63. The Labute approximate surface area is 175 Å². The molecule has 0 saturated carbocycles. The average Bonchev–Trinajstić information content (AvgIpc) is 2.82. The van der Waals surface area contributed by atoms with Gasteiger partial charge in [0.1, 0.15) is 0 Å². The molecule has 1 aliphatic rings. The Kier molecular flexibility index (Phi) is 7.76. The van der Waals surface area contributed by atoms with Crippen molar-refractivity contribution in [3.8, 4) is 11.5 Å². The Morgan fingerprint density at radius 1 is 1.23 bits per heavy atom. The molecule has 0 bridgehead atoms. The Hall–Kier alpha value is -2.51. The maximum absolute atomic E-state index is 12.3. The van der Waals surface area contributed by atoms with Crippen molar-refractivity contribution in [1.29, 1.82) is 0 Å². The predicted molar refractivity (Wildman–Crippen MR) is 110 cm³/mol. The number of methoxy groups -OCH3 is 1. The summed E-state index contributed by atoms with van der Waals surface area (Å²) >= 11 is 0. The lowest BCUT2D eigenvalue weighted by Crippen LogP contribution is -2.20. The third-order valence-corrected chi connectivity index (χ3v) is 5.39. The van der Waals surface area contributed by atoms with Crippen LogP contribution in [0.1, 0.15) is 41.7 Å². The lowest BCUT2D eigenvalue weighted by atomic mass is 10.1. The molecular formula is C21H24NO7P. The maximum atomic E-state index is 12.3. The first-order valence-electron chi connectivity index (χ1n) is 9.61. The fourth-order valence-corrected chi connectivity index (χ4v) is 3.73. The number of nitrogens with zero attached hydrogens (tertiary/aromatic N) is 1. The van der Waals surface area contributed by atoms with Crippen LogP contribution in [-0.2, 0) is 13.6 Å². The molecule has 160 valence electrons. The van der Waals surface area contributed by atoms with Crippen LogP contribution >= 0.6 is 7.82 Å². The van der Waals surface area contributed by atoms with Gasteiger partial charge in [0.15, 0.2) is 17.3 Å². The number of phosphoric acid groups is 1. The van der Waals surface area contributed by atoms with Crippen molar-refractivity contribution < 1.29 is 32.8 Å². The Morgan fingerprint density at radius 2 is 2.03 bits per heavy atom. The molecule has 8 nitrogen and oxygen atoms in total. The van der Waals surface area contributed by atoms with E-state index in [1.807, 2.05) is 6.07 Å². The summed E-state index contributed by atoms with van der Waals surface area (Å²) in [4.78, 5) is 26.3. The largest absolute Gasteiger partial charge is 0.491 e. The van der Waals surface area contributed by atoms with E-state index in [1.54, 1.807) is 36.4 Å². The average molecular weight is 433 g/mol. The molecule has 0 amide bonds. The summed E-state index contributed by atoms with van der Waals surface area (Å²) in [7, 11) is -2.75. The van der Waals surface area contributed by atoms with Gasteiger partial charge in [0.2, 0.25) is 6.29 Å². The molecule has 1 N–H and O–H groups in total. The molecule has 0 spiro atoms. The topological polar surface area (TPSA) is 104 Å². The molecule has 1 aromatic heterocycles. The highest BCUT2D eigenvalue weighted by Crippen LogP contribution is 2.46. The van der Waals surface area contributed by atoms with E-state index in [0.717, 1.165) is 12.8 Å². The zero-order valence-electron chi connectivity index (χ0n) is 16.6. The molecule has 2 unspecified atom stereocenters. The molecule has 0 aliphatic carbocycles. The van der Waals surface area contributed by atoms with Crippen molar-refractivity contribution in [2.45, 2.75) is 32.0 Å². The normalized spacial score (nSPS) is 22.7. The number of allylic oxidation sites excluding steroid dienone is 1. The second-order valence-corrected chi connectivity index (χ2v) is 8.03. The number of ketones is 1. The predicted octanol–water partition coefficient (Wildman–Crippen LogP) is 4.40. The van der Waals surface area contributed by atoms with Crippen LogP contribution in [0.2, 0.25) is 0 Å². The van der Waals surface area contributed by atoms with Crippen LogP contribution in [0.25, 0.3) is 6.08 Å². The fraction of sp³-hybridized carbons (Fsp3) is 0.333. The first kappa shape index (κ1) is 22.2. The van der Waals surface area contributed by atoms with Crippen LogP contribution in [0, 0.1) is 0 Å². The third kappa shape index (κ3) is 6.50. The number of benzene rings is 1. The summed E-state index contributed by atoms with van der Waals surface area (Å²) < 4.78 is 33.2. The SMILES string of the molecule is COc1cnc(C=CC(=O)c2ccccc2)cc1OC1CCCCCOP(=O)(O)O1. The zero-order valence-corrected chi connectivity index (χ0v) is 17.5. The molecule has 1 aliphatic heterocycles. The fourth-order valence-electron chi connectivity index (χ4n) is 2.86. The van der Waals surface area contributed by atoms with Crippen molar-refractivity contribution in [2.75, 3.05) is 13.7 Å². The van der Waals surface area contributed by atoms with Crippen molar-refractivity contribution in [3.05, 3.63) is 59.9 Å². The van der Waals surface area contributed by atoms with Crippen molar-refractivity contribution in [1.82, 2.24) is 4.98 Å².